The maximum Gasteiger partial charge on any atom is 0.317 e. The molecule has 0 atom stereocenters. The quantitative estimate of drug-likeness (QED) is 0.661. The van der Waals surface area contributed by atoms with Gasteiger partial charge in [0.15, 0.2) is 0 Å². The summed E-state index contributed by atoms with van der Waals surface area (Å²) in [6.45, 7) is 1.91. The van der Waals surface area contributed by atoms with E-state index in [1.54, 1.807) is 13.1 Å². The summed E-state index contributed by atoms with van der Waals surface area (Å²) in [5.41, 5.74) is 0.924. The number of phenolic OH excluding ortho intramolecular Hbond substituents is 1. The number of carboxylic acids is 1. The molecule has 0 aromatic heterocycles. The van der Waals surface area contributed by atoms with E-state index in [1.807, 2.05) is 25.1 Å². The molecule has 0 radical (unpaired) electrons. The van der Waals surface area contributed by atoms with Crippen LogP contribution in [-0.2, 0) is 4.79 Å². The van der Waals surface area contributed by atoms with Crippen LogP contribution >= 0.6 is 0 Å². The number of nitrogens with one attached hydrogen (secondary N) is 1. The van der Waals surface area contributed by atoms with Gasteiger partial charge in [-0.2, -0.15) is 0 Å². The van der Waals surface area contributed by atoms with Gasteiger partial charge in [0.1, 0.15) is 5.75 Å². The van der Waals surface area contributed by atoms with E-state index >= 15 is 0 Å². The summed E-state index contributed by atoms with van der Waals surface area (Å²) >= 11 is 0. The Morgan fingerprint density at radius 3 is 2.21 bits per heavy atom. The molecule has 4 nitrogen and oxygen atoms in total. The van der Waals surface area contributed by atoms with Gasteiger partial charge in [-0.15, -0.1) is 0 Å². The number of carboxylic acid groups (broad SMARTS) is 1. The van der Waals surface area contributed by atoms with Crippen molar-refractivity contribution in [1.82, 2.24) is 5.32 Å². The van der Waals surface area contributed by atoms with Gasteiger partial charge in [-0.1, -0.05) is 18.2 Å². The van der Waals surface area contributed by atoms with Crippen molar-refractivity contribution in [1.29, 1.82) is 0 Å². The topological polar surface area (TPSA) is 69.6 Å². The first-order valence-corrected chi connectivity index (χ1v) is 4.19. The minimum atomic E-state index is -0.822. The summed E-state index contributed by atoms with van der Waals surface area (Å²) in [6.07, 6.45) is 0. The number of benzene rings is 1. The Balaban J connectivity index is 0.000000255. The average molecular weight is 197 g/mol. The number of hydrogen-bond acceptors (Lipinski definition) is 3. The lowest BCUT2D eigenvalue weighted by molar-refractivity contribution is -0.135. The molecule has 0 saturated heterocycles. The van der Waals surface area contributed by atoms with E-state index in [4.69, 9.17) is 10.2 Å². The number of aryl methyl sites for hydroxylation is 1. The SMILES string of the molecule is CNCC(=O)O.Cc1ccccc1O. The number of para-hydroxylation sites is 1. The molecule has 3 N–H and O–H groups in total. The minimum absolute atomic E-state index is 0.0417. The molecule has 0 bridgehead atoms. The highest BCUT2D eigenvalue weighted by Gasteiger charge is 1.87. The maximum atomic E-state index is 9.54. The molecule has 0 aliphatic carbocycles. The molecular formula is C10H15NO3. The van der Waals surface area contributed by atoms with Crippen LogP contribution in [0.4, 0.5) is 0 Å². The Bertz CT molecular complexity index is 265. The predicted octanol–water partition coefficient (Wildman–Crippen LogP) is 0.991. The van der Waals surface area contributed by atoms with Crippen molar-refractivity contribution in [3.63, 3.8) is 0 Å². The van der Waals surface area contributed by atoms with Gasteiger partial charge in [0.2, 0.25) is 0 Å². The van der Waals surface area contributed by atoms with E-state index in [0.717, 1.165) is 5.56 Å². The van der Waals surface area contributed by atoms with Gasteiger partial charge in [0.05, 0.1) is 6.54 Å². The first kappa shape index (κ1) is 12.4. The van der Waals surface area contributed by atoms with Gasteiger partial charge in [-0.05, 0) is 25.6 Å². The Morgan fingerprint density at radius 2 is 2.00 bits per heavy atom. The summed E-state index contributed by atoms with van der Waals surface area (Å²) < 4.78 is 0. The van der Waals surface area contributed by atoms with Crippen molar-refractivity contribution in [2.45, 2.75) is 6.92 Å². The summed E-state index contributed by atoms with van der Waals surface area (Å²) in [7, 11) is 1.59. The second-order valence-corrected chi connectivity index (χ2v) is 2.71. The van der Waals surface area contributed by atoms with Crippen molar-refractivity contribution in [2.24, 2.45) is 0 Å². The highest BCUT2D eigenvalue weighted by atomic mass is 16.4. The number of carbonyl (C=O) groups is 1. The summed E-state index contributed by atoms with van der Waals surface area (Å²) in [6, 6.07) is 7.25. The van der Waals surface area contributed by atoms with Crippen LogP contribution in [0.2, 0.25) is 0 Å². The third-order valence-corrected chi connectivity index (χ3v) is 1.44. The van der Waals surface area contributed by atoms with E-state index in [9.17, 15) is 4.79 Å². The molecule has 0 amide bonds. The van der Waals surface area contributed by atoms with Crippen molar-refractivity contribution in [2.75, 3.05) is 13.6 Å². The zero-order chi connectivity index (χ0) is 11.0. The fraction of sp³-hybridized carbons (Fsp3) is 0.300. The molecule has 0 fully saturated rings. The number of hydrogen-bond donors (Lipinski definition) is 3. The van der Waals surface area contributed by atoms with Crippen LogP contribution in [-0.4, -0.2) is 29.8 Å². The molecule has 0 heterocycles. The van der Waals surface area contributed by atoms with E-state index < -0.39 is 5.97 Å². The van der Waals surface area contributed by atoms with Crippen molar-refractivity contribution in [3.05, 3.63) is 29.8 Å². The Kier molecular flexibility index (Phi) is 6.15. The Hall–Kier alpha value is -1.55. The minimum Gasteiger partial charge on any atom is -0.508 e. The number of phenols is 1. The Labute approximate surface area is 83.2 Å². The van der Waals surface area contributed by atoms with Crippen LogP contribution < -0.4 is 5.32 Å². The largest absolute Gasteiger partial charge is 0.508 e. The molecule has 1 aromatic rings. The smallest absolute Gasteiger partial charge is 0.317 e. The van der Waals surface area contributed by atoms with Crippen LogP contribution in [0.25, 0.3) is 0 Å². The van der Waals surface area contributed by atoms with E-state index in [0.29, 0.717) is 5.75 Å². The van der Waals surface area contributed by atoms with Gasteiger partial charge >= 0.3 is 5.97 Å². The Morgan fingerprint density at radius 1 is 1.43 bits per heavy atom. The standard InChI is InChI=1S/C7H8O.C3H7NO2/c1-6-4-2-3-5-7(6)8;1-4-2-3(5)6/h2-5,8H,1H3;4H,2H2,1H3,(H,5,6). The number of rotatable bonds is 2. The van der Waals surface area contributed by atoms with Crippen LogP contribution in [0.5, 0.6) is 5.75 Å². The van der Waals surface area contributed by atoms with Gasteiger partial charge in [-0.3, -0.25) is 4.79 Å². The first-order chi connectivity index (χ1) is 6.57. The second-order valence-electron chi connectivity index (χ2n) is 2.71. The molecule has 14 heavy (non-hydrogen) atoms. The third kappa shape index (κ3) is 6.02. The maximum absolute atomic E-state index is 9.54. The summed E-state index contributed by atoms with van der Waals surface area (Å²) in [5, 5.41) is 19.2. The lowest BCUT2D eigenvalue weighted by Crippen LogP contribution is -2.16. The fourth-order valence-corrected chi connectivity index (χ4v) is 0.715. The monoisotopic (exact) mass is 197 g/mol. The van der Waals surface area contributed by atoms with E-state index in [1.165, 1.54) is 0 Å². The molecule has 1 rings (SSSR count). The first-order valence-electron chi connectivity index (χ1n) is 4.19. The van der Waals surface area contributed by atoms with Crippen molar-refractivity contribution < 1.29 is 15.0 Å². The van der Waals surface area contributed by atoms with Gasteiger partial charge in [0, 0.05) is 0 Å². The van der Waals surface area contributed by atoms with Crippen LogP contribution in [0.15, 0.2) is 24.3 Å². The van der Waals surface area contributed by atoms with Gasteiger partial charge in [-0.25, -0.2) is 0 Å². The van der Waals surface area contributed by atoms with Crippen molar-refractivity contribution >= 4 is 5.97 Å². The third-order valence-electron chi connectivity index (χ3n) is 1.44. The second kappa shape index (κ2) is 6.91. The predicted molar refractivity (Wildman–Crippen MR) is 54.4 cm³/mol. The van der Waals surface area contributed by atoms with Gasteiger partial charge in [0.25, 0.3) is 0 Å². The zero-order valence-electron chi connectivity index (χ0n) is 8.32. The highest BCUT2D eigenvalue weighted by Crippen LogP contribution is 2.12. The summed E-state index contributed by atoms with van der Waals surface area (Å²) in [5.74, 6) is -0.454. The molecule has 0 unspecified atom stereocenters. The highest BCUT2D eigenvalue weighted by molar-refractivity contribution is 5.68. The van der Waals surface area contributed by atoms with Crippen molar-refractivity contribution in [3.8, 4) is 5.75 Å². The fourth-order valence-electron chi connectivity index (χ4n) is 0.715. The molecule has 1 aromatic carbocycles. The molecule has 0 saturated carbocycles. The molecule has 78 valence electrons. The zero-order valence-corrected chi connectivity index (χ0v) is 8.32. The normalized spacial score (nSPS) is 8.71. The van der Waals surface area contributed by atoms with E-state index in [-0.39, 0.29) is 6.54 Å². The lowest BCUT2D eigenvalue weighted by atomic mass is 10.2. The van der Waals surface area contributed by atoms with Crippen LogP contribution in [0, 0.1) is 6.92 Å². The number of aromatic hydroxyl groups is 1. The van der Waals surface area contributed by atoms with Gasteiger partial charge < -0.3 is 15.5 Å². The van der Waals surface area contributed by atoms with Crippen LogP contribution in [0.1, 0.15) is 5.56 Å². The molecule has 0 spiro atoms. The molecule has 4 heteroatoms. The van der Waals surface area contributed by atoms with E-state index in [2.05, 4.69) is 5.32 Å². The number of aliphatic carboxylic acids is 1. The van der Waals surface area contributed by atoms with Crippen LogP contribution in [0.3, 0.4) is 0 Å². The average Bonchev–Trinajstić information content (AvgIpc) is 2.11. The molecular weight excluding hydrogens is 182 g/mol. The number of likely N-dealkylation sites (N-methyl/N-ethyl adjacent to an activating group) is 1. The lowest BCUT2D eigenvalue weighted by Gasteiger charge is -1.92. The summed E-state index contributed by atoms with van der Waals surface area (Å²) in [4.78, 5) is 9.54. The molecule has 0 aliphatic rings. The molecule has 0 aliphatic heterocycles.